The lowest BCUT2D eigenvalue weighted by atomic mass is 9.80. The monoisotopic (exact) mass is 786 g/mol. The number of fused-ring (bicyclic) bond motifs is 8. The minimum absolute atomic E-state index is 0.0131. The highest BCUT2D eigenvalue weighted by Gasteiger charge is 2.58. The van der Waals surface area contributed by atoms with E-state index in [1.165, 1.54) is 25.8 Å². The average molecular weight is 787 g/mol. The molecular weight excluding hydrogens is 741 g/mol. The number of aryl methyl sites for hydroxylation is 1. The molecule has 5 N–H and O–H groups in total. The van der Waals surface area contributed by atoms with Gasteiger partial charge in [-0.25, -0.2) is 4.79 Å². The number of phenols is 1. The molecule has 7 heterocycles. The second-order valence-corrected chi connectivity index (χ2v) is 16.8. The van der Waals surface area contributed by atoms with Crippen LogP contribution >= 0.6 is 11.8 Å². The SMILES string of the molecule is COc1c(C)cc2c(c1O)[C@H](N(C)C)[C@@H]1[C@@H]3SC[C@]4(N[C@@H](CO)Cc5c4[nH]c4ccccc54)C(=O)OC[C@@H](c4c5c(c(C)c(OC(C)=O)c43)OCO5)N1[C@@H](O)C2. The van der Waals surface area contributed by atoms with E-state index in [0.717, 1.165) is 27.6 Å². The number of aliphatic hydroxyl groups excluding tert-OH is 2. The molecule has 4 aromatic rings. The first-order valence-electron chi connectivity index (χ1n) is 18.8. The largest absolute Gasteiger partial charge is 0.504 e. The number of aromatic nitrogens is 1. The number of likely N-dealkylation sites (N-methyl/N-ethyl adjacent to an activating group) is 1. The fraction of sp³-hybridized carbons (Fsp3) is 0.463. The van der Waals surface area contributed by atoms with Crippen LogP contribution in [0.3, 0.4) is 0 Å². The van der Waals surface area contributed by atoms with Gasteiger partial charge in [-0.3, -0.25) is 15.0 Å². The Morgan fingerprint density at radius 3 is 2.59 bits per heavy atom. The van der Waals surface area contributed by atoms with E-state index < -0.39 is 53.1 Å². The van der Waals surface area contributed by atoms with Crippen LogP contribution in [0, 0.1) is 13.8 Å². The van der Waals surface area contributed by atoms with Crippen molar-refractivity contribution in [3.63, 3.8) is 0 Å². The summed E-state index contributed by atoms with van der Waals surface area (Å²) >= 11 is 1.46. The standard InChI is InChI=1S/C41H46N4O10S/c1-18-11-21-12-27(48)45-26-15-52-40(50)41(39-24(13-22(14-46)43-41)23-9-7-8-10-25(23)42-39)16-56-38(32(45)31(44(4)5)28(21)33(49)34(18)51-6)30-29(26)37-36(53-17-54-37)19(2)35(30)55-20(3)47/h7-11,22,26-27,31-32,38,42-43,46,48-49H,12-17H2,1-6H3/t22-,26+,27+,31+,32-,38-,41-/m1/s1. The Morgan fingerprint density at radius 1 is 1.09 bits per heavy atom. The topological polar surface area (TPSA) is 175 Å². The van der Waals surface area contributed by atoms with Crippen LogP contribution in [0.5, 0.6) is 28.7 Å². The van der Waals surface area contributed by atoms with Gasteiger partial charge in [0, 0.05) is 64.3 Å². The zero-order valence-corrected chi connectivity index (χ0v) is 32.9. The normalized spacial score (nSPS) is 28.0. The molecule has 10 rings (SSSR count). The summed E-state index contributed by atoms with van der Waals surface area (Å²) in [5.74, 6) is 0.569. The highest BCUT2D eigenvalue weighted by atomic mass is 32.2. The molecule has 6 aliphatic rings. The quantitative estimate of drug-likeness (QED) is 0.149. The summed E-state index contributed by atoms with van der Waals surface area (Å²) < 4.78 is 30.6. The molecule has 7 atom stereocenters. The van der Waals surface area contributed by atoms with Gasteiger partial charge in [0.15, 0.2) is 28.5 Å². The number of nitrogens with one attached hydrogen (secondary N) is 2. The number of para-hydroxylation sites is 1. The van der Waals surface area contributed by atoms with Crippen LogP contribution in [-0.2, 0) is 32.7 Å². The predicted molar refractivity (Wildman–Crippen MR) is 206 cm³/mol. The van der Waals surface area contributed by atoms with E-state index in [0.29, 0.717) is 57.4 Å². The smallest absolute Gasteiger partial charge is 0.333 e. The molecule has 1 aromatic heterocycles. The third-order valence-corrected chi connectivity index (χ3v) is 13.7. The molecule has 0 radical (unpaired) electrons. The van der Waals surface area contributed by atoms with Crippen molar-refractivity contribution in [3.8, 4) is 28.7 Å². The summed E-state index contributed by atoms with van der Waals surface area (Å²) in [6.45, 7) is 4.53. The number of carbonyl (C=O) groups excluding carboxylic acids is 2. The Balaban J connectivity index is 1.33. The van der Waals surface area contributed by atoms with Gasteiger partial charge in [-0.05, 0) is 57.1 Å². The molecule has 14 nitrogen and oxygen atoms in total. The molecule has 1 spiro atoms. The molecule has 0 unspecified atom stereocenters. The Kier molecular flexibility index (Phi) is 8.98. The lowest BCUT2D eigenvalue weighted by Crippen LogP contribution is -2.62. The van der Waals surface area contributed by atoms with E-state index in [9.17, 15) is 24.9 Å². The summed E-state index contributed by atoms with van der Waals surface area (Å²) in [6, 6.07) is 7.34. The first kappa shape index (κ1) is 37.1. The van der Waals surface area contributed by atoms with Crippen LogP contribution in [0.25, 0.3) is 10.9 Å². The van der Waals surface area contributed by atoms with Gasteiger partial charge >= 0.3 is 11.9 Å². The average Bonchev–Trinajstić information content (AvgIpc) is 3.78. The molecule has 3 aromatic carbocycles. The van der Waals surface area contributed by atoms with Crippen molar-refractivity contribution >= 4 is 34.6 Å². The summed E-state index contributed by atoms with van der Waals surface area (Å²) in [7, 11) is 5.38. The Morgan fingerprint density at radius 2 is 1.86 bits per heavy atom. The number of aromatic hydroxyl groups is 1. The predicted octanol–water partition coefficient (Wildman–Crippen LogP) is 3.79. The van der Waals surface area contributed by atoms with E-state index in [1.807, 2.05) is 68.1 Å². The van der Waals surface area contributed by atoms with E-state index in [-0.39, 0.29) is 37.9 Å². The summed E-state index contributed by atoms with van der Waals surface area (Å²) in [4.78, 5) is 35.5. The van der Waals surface area contributed by atoms with Crippen molar-refractivity contribution in [2.45, 2.75) is 74.8 Å². The summed E-state index contributed by atoms with van der Waals surface area (Å²) in [5, 5.41) is 39.1. The van der Waals surface area contributed by atoms with Gasteiger partial charge in [-0.1, -0.05) is 24.3 Å². The van der Waals surface area contributed by atoms with Crippen molar-refractivity contribution in [2.75, 3.05) is 47.0 Å². The number of rotatable bonds is 4. The molecular formula is C41H46N4O10S. The van der Waals surface area contributed by atoms with Crippen LogP contribution in [0.15, 0.2) is 30.3 Å². The van der Waals surface area contributed by atoms with Crippen molar-refractivity contribution in [2.24, 2.45) is 0 Å². The Labute approximate surface area is 328 Å². The highest BCUT2D eigenvalue weighted by Crippen LogP contribution is 2.63. The second kappa shape index (κ2) is 13.6. The van der Waals surface area contributed by atoms with E-state index in [1.54, 1.807) is 0 Å². The van der Waals surface area contributed by atoms with Crippen LogP contribution < -0.4 is 24.3 Å². The fourth-order valence-electron chi connectivity index (χ4n) is 10.1. The maximum absolute atomic E-state index is 15.0. The molecule has 15 heteroatoms. The molecule has 296 valence electrons. The maximum atomic E-state index is 15.0. The summed E-state index contributed by atoms with van der Waals surface area (Å²) in [6.07, 6.45) is -0.477. The number of carbonyl (C=O) groups is 2. The van der Waals surface area contributed by atoms with Crippen molar-refractivity contribution in [3.05, 3.63) is 75.0 Å². The first-order valence-corrected chi connectivity index (χ1v) is 19.9. The van der Waals surface area contributed by atoms with Gasteiger partial charge in [0.1, 0.15) is 18.6 Å². The number of nitrogens with zero attached hydrogens (tertiary/aromatic N) is 2. The Bertz CT molecular complexity index is 2290. The number of phenolic OH excluding ortho intramolecular Hbond substituents is 1. The van der Waals surface area contributed by atoms with Gasteiger partial charge in [0.25, 0.3) is 0 Å². The van der Waals surface area contributed by atoms with Gasteiger partial charge in [0.2, 0.25) is 6.79 Å². The number of methoxy groups -OCH3 is 1. The maximum Gasteiger partial charge on any atom is 0.333 e. The van der Waals surface area contributed by atoms with Crippen LogP contribution in [0.1, 0.15) is 68.9 Å². The lowest BCUT2D eigenvalue weighted by Gasteiger charge is -2.53. The molecule has 2 bridgehead atoms. The number of esters is 2. The summed E-state index contributed by atoms with van der Waals surface area (Å²) in [5.41, 5.74) is 4.97. The number of thioether (sulfide) groups is 1. The number of hydrogen-bond donors (Lipinski definition) is 5. The fourth-order valence-corrected chi connectivity index (χ4v) is 11.7. The zero-order chi connectivity index (χ0) is 39.4. The third-order valence-electron chi connectivity index (χ3n) is 12.2. The van der Waals surface area contributed by atoms with Gasteiger partial charge in [-0.15, -0.1) is 11.8 Å². The van der Waals surface area contributed by atoms with Crippen molar-refractivity contribution in [1.82, 2.24) is 20.1 Å². The van der Waals surface area contributed by atoms with Crippen LogP contribution in [0.2, 0.25) is 0 Å². The number of hydrogen-bond acceptors (Lipinski definition) is 14. The van der Waals surface area contributed by atoms with Gasteiger partial charge < -0.3 is 48.9 Å². The minimum atomic E-state index is -1.43. The molecule has 0 aliphatic carbocycles. The zero-order valence-electron chi connectivity index (χ0n) is 32.1. The number of aliphatic hydroxyl groups is 2. The highest BCUT2D eigenvalue weighted by molar-refractivity contribution is 7.99. The second-order valence-electron chi connectivity index (χ2n) is 15.6. The van der Waals surface area contributed by atoms with Crippen LogP contribution in [-0.4, -0.2) is 107 Å². The van der Waals surface area contributed by atoms with E-state index in [4.69, 9.17) is 23.7 Å². The van der Waals surface area contributed by atoms with Crippen LogP contribution in [0.4, 0.5) is 0 Å². The minimum Gasteiger partial charge on any atom is -0.504 e. The number of aromatic amines is 1. The molecule has 0 saturated carbocycles. The molecule has 1 fully saturated rings. The van der Waals surface area contributed by atoms with Crippen molar-refractivity contribution < 1.29 is 48.6 Å². The Hall–Kier alpha value is -4.51. The van der Waals surface area contributed by atoms with Gasteiger partial charge in [0.05, 0.1) is 36.7 Å². The van der Waals surface area contributed by atoms with E-state index >= 15 is 0 Å². The third kappa shape index (κ3) is 5.28. The van der Waals surface area contributed by atoms with Crippen molar-refractivity contribution in [1.29, 1.82) is 0 Å². The van der Waals surface area contributed by atoms with Gasteiger partial charge in [-0.2, -0.15) is 0 Å². The molecule has 1 saturated heterocycles. The lowest BCUT2D eigenvalue weighted by molar-refractivity contribution is -0.159. The number of ether oxygens (including phenoxy) is 5. The number of benzene rings is 3. The first-order chi connectivity index (χ1) is 26.9. The molecule has 0 amide bonds. The molecule has 6 aliphatic heterocycles. The van der Waals surface area contributed by atoms with E-state index in [2.05, 4.69) is 10.3 Å². The number of H-pyrrole nitrogens is 1. The molecule has 56 heavy (non-hydrogen) atoms.